The molecule has 1 aliphatic rings. The molecule has 1 aliphatic heterocycles. The lowest BCUT2D eigenvalue weighted by Crippen LogP contribution is -2.44. The fourth-order valence-corrected chi connectivity index (χ4v) is 2.96. The molecule has 0 bridgehead atoms. The summed E-state index contributed by atoms with van der Waals surface area (Å²) in [5.41, 5.74) is 1.14. The van der Waals surface area contributed by atoms with Gasteiger partial charge in [0.1, 0.15) is 11.5 Å². The summed E-state index contributed by atoms with van der Waals surface area (Å²) in [6.45, 7) is 2.53. The molecule has 1 aromatic heterocycles. The maximum atomic E-state index is 5.47. The van der Waals surface area contributed by atoms with E-state index in [-0.39, 0.29) is 24.0 Å². The molecule has 6 nitrogen and oxygen atoms in total. The average Bonchev–Trinajstić information content (AvgIpc) is 3.30. The molecule has 0 amide bonds. The first-order valence-corrected chi connectivity index (χ1v) is 8.17. The second-order valence-electron chi connectivity index (χ2n) is 5.75. The first kappa shape index (κ1) is 19.4. The van der Waals surface area contributed by atoms with Crippen molar-refractivity contribution in [2.45, 2.75) is 19.0 Å². The van der Waals surface area contributed by atoms with Crippen molar-refractivity contribution < 1.29 is 9.15 Å². The van der Waals surface area contributed by atoms with Gasteiger partial charge in [-0.15, -0.1) is 24.0 Å². The zero-order valence-electron chi connectivity index (χ0n) is 14.6. The van der Waals surface area contributed by atoms with Crippen LogP contribution in [0.5, 0.6) is 5.75 Å². The Bertz CT molecular complexity index is 675. The molecule has 0 spiro atoms. The van der Waals surface area contributed by atoms with Gasteiger partial charge in [-0.1, -0.05) is 12.1 Å². The Morgan fingerprint density at radius 2 is 2.16 bits per heavy atom. The summed E-state index contributed by atoms with van der Waals surface area (Å²) in [4.78, 5) is 6.64. The molecule has 136 valence electrons. The Balaban J connectivity index is 0.00000225. The number of hydrogen-bond acceptors (Lipinski definition) is 4. The zero-order chi connectivity index (χ0) is 16.8. The predicted octanol–water partition coefficient (Wildman–Crippen LogP) is 2.85. The highest BCUT2D eigenvalue weighted by atomic mass is 127. The molecule has 0 saturated carbocycles. The lowest BCUT2D eigenvalue weighted by atomic mass is 10.2. The largest absolute Gasteiger partial charge is 0.495 e. The summed E-state index contributed by atoms with van der Waals surface area (Å²) in [5.74, 6) is 2.59. The smallest absolute Gasteiger partial charge is 0.191 e. The maximum absolute atomic E-state index is 5.47. The van der Waals surface area contributed by atoms with Crippen molar-refractivity contribution in [1.82, 2.24) is 10.6 Å². The van der Waals surface area contributed by atoms with Gasteiger partial charge in [-0.05, 0) is 30.7 Å². The van der Waals surface area contributed by atoms with Gasteiger partial charge in [0.25, 0.3) is 0 Å². The molecule has 0 aliphatic carbocycles. The van der Waals surface area contributed by atoms with E-state index in [1.54, 1.807) is 20.4 Å². The number of benzene rings is 1. The van der Waals surface area contributed by atoms with E-state index in [1.165, 1.54) is 0 Å². The van der Waals surface area contributed by atoms with Gasteiger partial charge in [-0.3, -0.25) is 4.99 Å². The van der Waals surface area contributed by atoms with Crippen LogP contribution in [0.1, 0.15) is 12.2 Å². The van der Waals surface area contributed by atoms with E-state index in [2.05, 4.69) is 26.6 Å². The van der Waals surface area contributed by atoms with Crippen molar-refractivity contribution in [2.75, 3.05) is 32.1 Å². The van der Waals surface area contributed by atoms with Crippen LogP contribution < -0.4 is 20.3 Å². The summed E-state index contributed by atoms with van der Waals surface area (Å²) in [6.07, 6.45) is 2.73. The van der Waals surface area contributed by atoms with Crippen LogP contribution in [0.15, 0.2) is 52.1 Å². The third-order valence-corrected chi connectivity index (χ3v) is 4.19. The molecule has 0 radical (unpaired) electrons. The van der Waals surface area contributed by atoms with E-state index >= 15 is 0 Å². The molecule has 1 fully saturated rings. The van der Waals surface area contributed by atoms with Gasteiger partial charge < -0.3 is 24.7 Å². The van der Waals surface area contributed by atoms with Crippen LogP contribution in [0, 0.1) is 0 Å². The molecule has 1 unspecified atom stereocenters. The van der Waals surface area contributed by atoms with E-state index < -0.39 is 0 Å². The quantitative estimate of drug-likeness (QED) is 0.412. The minimum absolute atomic E-state index is 0. The van der Waals surface area contributed by atoms with E-state index in [4.69, 9.17) is 9.15 Å². The number of methoxy groups -OCH3 is 1. The monoisotopic (exact) mass is 456 g/mol. The predicted molar refractivity (Wildman–Crippen MR) is 111 cm³/mol. The molecular formula is C18H25IN4O2. The van der Waals surface area contributed by atoms with Crippen LogP contribution in [-0.4, -0.2) is 39.2 Å². The van der Waals surface area contributed by atoms with Crippen molar-refractivity contribution in [3.05, 3.63) is 48.4 Å². The lowest BCUT2D eigenvalue weighted by Gasteiger charge is -2.22. The molecule has 2 heterocycles. The van der Waals surface area contributed by atoms with Crippen LogP contribution in [0.25, 0.3) is 0 Å². The first-order valence-electron chi connectivity index (χ1n) is 8.17. The molecule has 2 aromatic rings. The zero-order valence-corrected chi connectivity index (χ0v) is 16.9. The molecule has 1 aromatic carbocycles. The number of halogens is 1. The van der Waals surface area contributed by atoms with Crippen LogP contribution in [0.2, 0.25) is 0 Å². The minimum Gasteiger partial charge on any atom is -0.495 e. The number of aliphatic imine (C=N–C) groups is 1. The van der Waals surface area contributed by atoms with Crippen molar-refractivity contribution in [1.29, 1.82) is 0 Å². The highest BCUT2D eigenvalue weighted by Gasteiger charge is 2.25. The van der Waals surface area contributed by atoms with Gasteiger partial charge in [-0.2, -0.15) is 0 Å². The second kappa shape index (κ2) is 9.55. The fraction of sp³-hybridized carbons (Fsp3) is 0.389. The van der Waals surface area contributed by atoms with Gasteiger partial charge >= 0.3 is 0 Å². The number of guanidine groups is 1. The van der Waals surface area contributed by atoms with Crippen LogP contribution in [0.4, 0.5) is 5.69 Å². The normalized spacial score (nSPS) is 17.1. The van der Waals surface area contributed by atoms with Crippen LogP contribution >= 0.6 is 24.0 Å². The van der Waals surface area contributed by atoms with E-state index in [0.717, 1.165) is 42.7 Å². The Kier molecular flexibility index (Phi) is 7.42. The topological polar surface area (TPSA) is 62.0 Å². The minimum atomic E-state index is 0. The lowest BCUT2D eigenvalue weighted by molar-refractivity contribution is 0.415. The summed E-state index contributed by atoms with van der Waals surface area (Å²) >= 11 is 0. The van der Waals surface area contributed by atoms with Gasteiger partial charge in [0.05, 0.1) is 25.6 Å². The van der Waals surface area contributed by atoms with Gasteiger partial charge in [-0.25, -0.2) is 0 Å². The number of para-hydroxylation sites is 2. The number of nitrogens with zero attached hydrogens (tertiary/aromatic N) is 2. The number of anilines is 1. The fourth-order valence-electron chi connectivity index (χ4n) is 2.96. The standard InChI is InChI=1S/C18H24N4O2.HI/c1-19-18(20-12-15-6-5-11-24-15)21-14-9-10-22(13-14)16-7-3-4-8-17(16)23-2;/h3-8,11,14H,9-10,12-13H2,1-2H3,(H2,19,20,21);1H. The highest BCUT2D eigenvalue weighted by Crippen LogP contribution is 2.30. The molecule has 25 heavy (non-hydrogen) atoms. The summed E-state index contributed by atoms with van der Waals surface area (Å²) < 4.78 is 10.8. The van der Waals surface area contributed by atoms with Crippen LogP contribution in [0.3, 0.4) is 0 Å². The summed E-state index contributed by atoms with van der Waals surface area (Å²) in [7, 11) is 3.50. The van der Waals surface area contributed by atoms with Gasteiger partial charge in [0.2, 0.25) is 0 Å². The highest BCUT2D eigenvalue weighted by molar-refractivity contribution is 14.0. The molecule has 1 atom stereocenters. The van der Waals surface area contributed by atoms with Crippen LogP contribution in [-0.2, 0) is 6.54 Å². The van der Waals surface area contributed by atoms with Crippen molar-refractivity contribution >= 4 is 35.6 Å². The van der Waals surface area contributed by atoms with E-state index in [1.807, 2.05) is 30.3 Å². The number of furan rings is 1. The number of ether oxygens (including phenoxy) is 1. The van der Waals surface area contributed by atoms with Crippen molar-refractivity contribution in [2.24, 2.45) is 4.99 Å². The van der Waals surface area contributed by atoms with E-state index in [9.17, 15) is 0 Å². The Hall–Kier alpha value is -1.90. The average molecular weight is 456 g/mol. The summed E-state index contributed by atoms with van der Waals surface area (Å²) in [6, 6.07) is 12.3. The Morgan fingerprint density at radius 1 is 1.32 bits per heavy atom. The maximum Gasteiger partial charge on any atom is 0.191 e. The number of rotatable bonds is 5. The third-order valence-electron chi connectivity index (χ3n) is 4.19. The van der Waals surface area contributed by atoms with Gasteiger partial charge in [0.15, 0.2) is 5.96 Å². The number of nitrogens with one attached hydrogen (secondary N) is 2. The van der Waals surface area contributed by atoms with E-state index in [0.29, 0.717) is 12.6 Å². The Morgan fingerprint density at radius 3 is 2.88 bits per heavy atom. The molecule has 1 saturated heterocycles. The number of hydrogen-bond donors (Lipinski definition) is 2. The first-order chi connectivity index (χ1) is 11.8. The van der Waals surface area contributed by atoms with Crippen molar-refractivity contribution in [3.63, 3.8) is 0 Å². The Labute approximate surface area is 165 Å². The summed E-state index contributed by atoms with van der Waals surface area (Å²) in [5, 5.41) is 6.76. The molecule has 3 rings (SSSR count). The SMILES string of the molecule is CN=C(NCc1ccco1)NC1CCN(c2ccccc2OC)C1.I. The van der Waals surface area contributed by atoms with Crippen molar-refractivity contribution in [3.8, 4) is 5.75 Å². The molecule has 2 N–H and O–H groups in total. The second-order valence-corrected chi connectivity index (χ2v) is 5.75. The third kappa shape index (κ3) is 5.04. The molecule has 7 heteroatoms. The molecular weight excluding hydrogens is 431 g/mol. The van der Waals surface area contributed by atoms with Gasteiger partial charge in [0, 0.05) is 26.2 Å².